The molecule has 9 heteroatoms. The summed E-state index contributed by atoms with van der Waals surface area (Å²) in [5.41, 5.74) is 4.26. The van der Waals surface area contributed by atoms with Crippen LogP contribution in [0, 0.1) is 37.0 Å². The molecule has 2 aromatic heterocycles. The largest absolute Gasteiger partial charge is 0.370 e. The third-order valence-electron chi connectivity index (χ3n) is 8.40. The molecule has 1 atom stereocenters. The third-order valence-corrected chi connectivity index (χ3v) is 8.40. The molecule has 3 heterocycles. The van der Waals surface area contributed by atoms with E-state index in [1.165, 1.54) is 0 Å². The SMILES string of the molecule is CCOC1(c2cc3c(N[C@H](C)c4cccc(C#N)c4C)nc(C)c(C#CCN(C)C)c3n(C)c2=O)CCN(C(C)=O)CC1. The number of aromatic nitrogens is 2. The van der Waals surface area contributed by atoms with Crippen molar-refractivity contribution < 1.29 is 9.53 Å². The summed E-state index contributed by atoms with van der Waals surface area (Å²) in [7, 11) is 5.70. The van der Waals surface area contributed by atoms with E-state index in [9.17, 15) is 14.9 Å². The molecule has 1 aliphatic heterocycles. The van der Waals surface area contributed by atoms with Gasteiger partial charge in [0.05, 0.1) is 46.6 Å². The number of piperidine rings is 1. The Morgan fingerprint density at radius 3 is 2.56 bits per heavy atom. The van der Waals surface area contributed by atoms with Crippen LogP contribution in [0.1, 0.15) is 73.2 Å². The molecule has 1 N–H and O–H groups in total. The lowest BCUT2D eigenvalue weighted by molar-refractivity contribution is -0.136. The molecule has 3 aromatic rings. The maximum absolute atomic E-state index is 14.2. The number of anilines is 1. The van der Waals surface area contributed by atoms with Gasteiger partial charge < -0.3 is 19.5 Å². The summed E-state index contributed by atoms with van der Waals surface area (Å²) < 4.78 is 8.06. The number of nitrogens with zero attached hydrogens (tertiary/aromatic N) is 5. The molecule has 0 aliphatic carbocycles. The van der Waals surface area contributed by atoms with E-state index in [0.717, 1.165) is 16.5 Å². The highest BCUT2D eigenvalue weighted by Gasteiger charge is 2.40. The van der Waals surface area contributed by atoms with Gasteiger partial charge in [0.25, 0.3) is 5.56 Å². The Morgan fingerprint density at radius 1 is 1.26 bits per heavy atom. The lowest BCUT2D eigenvalue weighted by Gasteiger charge is -2.41. The standard InChI is InChI=1S/C34H42N6O3/c1-9-43-34(15-18-40(19-16-34)25(5)41)30-20-29-31(39(8)33(30)42)28(14-11-17-38(6)7)24(4)37-32(29)36-23(3)27-13-10-12-26(21-35)22(27)2/h10,12-13,20,23H,9,15-19H2,1-8H3,(H,36,37)/t23-/m1/s1. The maximum Gasteiger partial charge on any atom is 0.256 e. The van der Waals surface area contributed by atoms with Crippen LogP contribution >= 0.6 is 0 Å². The summed E-state index contributed by atoms with van der Waals surface area (Å²) in [5.74, 6) is 7.16. The maximum atomic E-state index is 14.2. The van der Waals surface area contributed by atoms with Gasteiger partial charge in [-0.2, -0.15) is 5.26 Å². The minimum absolute atomic E-state index is 0.0216. The molecule has 1 fully saturated rings. The summed E-state index contributed by atoms with van der Waals surface area (Å²) in [6.07, 6.45) is 1.05. The van der Waals surface area contributed by atoms with E-state index in [0.29, 0.717) is 72.8 Å². The average molecular weight is 583 g/mol. The molecule has 0 unspecified atom stereocenters. The molecule has 1 aromatic carbocycles. The van der Waals surface area contributed by atoms with E-state index >= 15 is 0 Å². The second kappa shape index (κ2) is 13.0. The first kappa shape index (κ1) is 31.7. The zero-order valence-corrected chi connectivity index (χ0v) is 26.6. The van der Waals surface area contributed by atoms with Crippen molar-refractivity contribution in [3.8, 4) is 17.9 Å². The van der Waals surface area contributed by atoms with Gasteiger partial charge in [0.1, 0.15) is 11.4 Å². The number of aryl methyl sites for hydroxylation is 2. The smallest absolute Gasteiger partial charge is 0.256 e. The molecule has 4 rings (SSSR count). The first-order valence-corrected chi connectivity index (χ1v) is 14.8. The van der Waals surface area contributed by atoms with Gasteiger partial charge in [0.2, 0.25) is 5.91 Å². The molecular weight excluding hydrogens is 540 g/mol. The molecule has 43 heavy (non-hydrogen) atoms. The second-order valence-electron chi connectivity index (χ2n) is 11.6. The van der Waals surface area contributed by atoms with Gasteiger partial charge in [0, 0.05) is 39.1 Å². The van der Waals surface area contributed by atoms with Gasteiger partial charge in [-0.25, -0.2) is 4.98 Å². The number of hydrogen-bond donors (Lipinski definition) is 1. The number of pyridine rings is 2. The highest BCUT2D eigenvalue weighted by molar-refractivity contribution is 5.95. The van der Waals surface area contributed by atoms with Crippen LogP contribution in [-0.4, -0.2) is 65.6 Å². The number of hydrogen-bond acceptors (Lipinski definition) is 7. The highest BCUT2D eigenvalue weighted by Crippen LogP contribution is 2.38. The number of rotatable bonds is 7. The number of likely N-dealkylation sites (tertiary alicyclic amines) is 1. The first-order chi connectivity index (χ1) is 20.4. The zero-order valence-electron chi connectivity index (χ0n) is 26.6. The summed E-state index contributed by atoms with van der Waals surface area (Å²) >= 11 is 0. The van der Waals surface area contributed by atoms with Crippen molar-refractivity contribution in [3.63, 3.8) is 0 Å². The van der Waals surface area contributed by atoms with Gasteiger partial charge >= 0.3 is 0 Å². The molecule has 1 aliphatic rings. The van der Waals surface area contributed by atoms with Crippen LogP contribution in [0.4, 0.5) is 5.82 Å². The van der Waals surface area contributed by atoms with E-state index in [1.54, 1.807) is 23.4 Å². The monoisotopic (exact) mass is 582 g/mol. The van der Waals surface area contributed by atoms with Crippen LogP contribution in [0.2, 0.25) is 0 Å². The fourth-order valence-electron chi connectivity index (χ4n) is 6.02. The molecule has 0 bridgehead atoms. The lowest BCUT2D eigenvalue weighted by Crippen LogP contribution is -2.48. The summed E-state index contributed by atoms with van der Waals surface area (Å²) in [5, 5.41) is 14.0. The molecule has 1 amide bonds. The summed E-state index contributed by atoms with van der Waals surface area (Å²) in [6.45, 7) is 11.4. The lowest BCUT2D eigenvalue weighted by atomic mass is 9.83. The number of fused-ring (bicyclic) bond motifs is 1. The molecular formula is C34H42N6O3. The number of nitrogens with one attached hydrogen (secondary N) is 1. The van der Waals surface area contributed by atoms with E-state index in [2.05, 4.69) is 23.2 Å². The van der Waals surface area contributed by atoms with Gasteiger partial charge in [-0.05, 0) is 77.9 Å². The quantitative estimate of drug-likeness (QED) is 0.413. The van der Waals surface area contributed by atoms with Crippen molar-refractivity contribution in [1.29, 1.82) is 5.26 Å². The number of ether oxygens (including phenoxy) is 1. The predicted molar refractivity (Wildman–Crippen MR) is 170 cm³/mol. The Bertz CT molecular complexity index is 1700. The molecule has 226 valence electrons. The molecule has 0 saturated carbocycles. The van der Waals surface area contributed by atoms with Gasteiger partial charge in [-0.15, -0.1) is 0 Å². The van der Waals surface area contributed by atoms with Crippen LogP contribution in [0.3, 0.4) is 0 Å². The van der Waals surface area contributed by atoms with E-state index < -0.39 is 5.60 Å². The molecule has 1 saturated heterocycles. The van der Waals surface area contributed by atoms with Crippen molar-refractivity contribution in [2.45, 2.75) is 59.1 Å². The Labute approximate surface area is 254 Å². The molecule has 0 spiro atoms. The Hall–Kier alpha value is -4.18. The summed E-state index contributed by atoms with van der Waals surface area (Å²) in [4.78, 5) is 35.1. The summed E-state index contributed by atoms with van der Waals surface area (Å²) in [6, 6.07) is 9.74. The third kappa shape index (κ3) is 6.29. The van der Waals surface area contributed by atoms with Gasteiger partial charge in [-0.1, -0.05) is 24.0 Å². The van der Waals surface area contributed by atoms with Crippen LogP contribution in [0.25, 0.3) is 10.9 Å². The van der Waals surface area contributed by atoms with E-state index in [1.807, 2.05) is 71.0 Å². The number of carbonyl (C=O) groups excluding carboxylic acids is 1. The van der Waals surface area contributed by atoms with E-state index in [-0.39, 0.29) is 17.5 Å². The highest BCUT2D eigenvalue weighted by atomic mass is 16.5. The van der Waals surface area contributed by atoms with Crippen molar-refractivity contribution >= 4 is 22.6 Å². The Kier molecular flexibility index (Phi) is 9.59. The van der Waals surface area contributed by atoms with Crippen molar-refractivity contribution in [2.75, 3.05) is 45.7 Å². The normalized spacial score (nSPS) is 15.1. The van der Waals surface area contributed by atoms with Crippen LogP contribution in [0.15, 0.2) is 29.1 Å². The van der Waals surface area contributed by atoms with E-state index in [4.69, 9.17) is 9.72 Å². The zero-order chi connectivity index (χ0) is 31.5. The van der Waals surface area contributed by atoms with Gasteiger partial charge in [-0.3, -0.25) is 14.5 Å². The average Bonchev–Trinajstić information content (AvgIpc) is 2.96. The fourth-order valence-corrected chi connectivity index (χ4v) is 6.02. The molecule has 9 nitrogen and oxygen atoms in total. The van der Waals surface area contributed by atoms with Crippen molar-refractivity contribution in [1.82, 2.24) is 19.4 Å². The van der Waals surface area contributed by atoms with Crippen molar-refractivity contribution in [3.05, 3.63) is 68.1 Å². The second-order valence-corrected chi connectivity index (χ2v) is 11.6. The van der Waals surface area contributed by atoms with Crippen LogP contribution in [-0.2, 0) is 22.2 Å². The van der Waals surface area contributed by atoms with Crippen molar-refractivity contribution in [2.24, 2.45) is 7.05 Å². The number of amides is 1. The number of nitriles is 1. The Balaban J connectivity index is 1.96. The number of benzene rings is 1. The predicted octanol–water partition coefficient (Wildman–Crippen LogP) is 4.38. The first-order valence-electron chi connectivity index (χ1n) is 14.8. The van der Waals surface area contributed by atoms with Crippen LogP contribution in [0.5, 0.6) is 0 Å². The molecule has 0 radical (unpaired) electrons. The van der Waals surface area contributed by atoms with Gasteiger partial charge in [0.15, 0.2) is 0 Å². The van der Waals surface area contributed by atoms with Crippen LogP contribution < -0.4 is 10.9 Å². The minimum atomic E-state index is -0.827. The minimum Gasteiger partial charge on any atom is -0.370 e. The fraction of sp³-hybridized carbons (Fsp3) is 0.471. The topological polar surface area (TPSA) is 103 Å². The number of carbonyl (C=O) groups is 1. The Morgan fingerprint density at radius 2 is 1.95 bits per heavy atom.